The summed E-state index contributed by atoms with van der Waals surface area (Å²) in [4.78, 5) is 12.8. The summed E-state index contributed by atoms with van der Waals surface area (Å²) in [5.74, 6) is -0.368. The van der Waals surface area contributed by atoms with Crippen LogP contribution in [0.5, 0.6) is 5.75 Å². The molecule has 0 aliphatic heterocycles. The van der Waals surface area contributed by atoms with Gasteiger partial charge in [-0.2, -0.15) is 0 Å². The molecule has 34 heavy (non-hydrogen) atoms. The maximum Gasteiger partial charge on any atom is 0.255 e. The van der Waals surface area contributed by atoms with E-state index < -0.39 is 27.3 Å². The van der Waals surface area contributed by atoms with Gasteiger partial charge in [0.1, 0.15) is 11.6 Å². The molecule has 3 aromatic carbocycles. The second-order valence-corrected chi connectivity index (χ2v) is 10.5. The van der Waals surface area contributed by atoms with Crippen LogP contribution in [-0.2, 0) is 16.6 Å². The smallest absolute Gasteiger partial charge is 0.255 e. The lowest BCUT2D eigenvalue weighted by Crippen LogP contribution is -2.40. The second kappa shape index (κ2) is 10.2. The molecule has 3 aromatic rings. The maximum atomic E-state index is 13.5. The summed E-state index contributed by atoms with van der Waals surface area (Å²) in [7, 11) is -2.34. The molecule has 1 amide bonds. The number of rotatable bonds is 8. The molecule has 0 radical (unpaired) electrons. The van der Waals surface area contributed by atoms with Crippen LogP contribution in [0.15, 0.2) is 71.6 Å². The van der Waals surface area contributed by atoms with Gasteiger partial charge in [-0.15, -0.1) is 0 Å². The summed E-state index contributed by atoms with van der Waals surface area (Å²) in [6.07, 6.45) is 0. The van der Waals surface area contributed by atoms with Crippen LogP contribution in [0, 0.1) is 5.82 Å². The minimum absolute atomic E-state index is 0.0672. The molecule has 0 atom stereocenters. The van der Waals surface area contributed by atoms with Crippen molar-refractivity contribution in [2.24, 2.45) is 0 Å². The molecule has 0 aliphatic rings. The van der Waals surface area contributed by atoms with Crippen LogP contribution in [0.2, 0.25) is 0 Å². The molecule has 9 heteroatoms. The number of hydrogen-bond acceptors (Lipinski definition) is 5. The monoisotopic (exact) mass is 485 g/mol. The van der Waals surface area contributed by atoms with Crippen molar-refractivity contribution in [2.45, 2.75) is 37.8 Å². The highest BCUT2D eigenvalue weighted by atomic mass is 32.2. The summed E-state index contributed by atoms with van der Waals surface area (Å²) in [5, 5.41) is 5.77. The van der Waals surface area contributed by atoms with Crippen LogP contribution in [0.25, 0.3) is 0 Å². The lowest BCUT2D eigenvalue weighted by atomic mass is 10.1. The third-order valence-corrected chi connectivity index (χ3v) is 6.37. The van der Waals surface area contributed by atoms with Gasteiger partial charge in [0.25, 0.3) is 5.91 Å². The Morgan fingerprint density at radius 3 is 2.38 bits per heavy atom. The van der Waals surface area contributed by atoms with Gasteiger partial charge < -0.3 is 15.4 Å². The topological polar surface area (TPSA) is 96.5 Å². The fraction of sp³-hybridized carbons (Fsp3) is 0.240. The van der Waals surface area contributed by atoms with Crippen molar-refractivity contribution in [1.29, 1.82) is 0 Å². The van der Waals surface area contributed by atoms with Gasteiger partial charge in [-0.05, 0) is 74.9 Å². The first-order chi connectivity index (χ1) is 15.9. The normalized spacial score (nSPS) is 11.7. The van der Waals surface area contributed by atoms with Crippen LogP contribution in [-0.4, -0.2) is 27.0 Å². The molecule has 0 saturated heterocycles. The quantitative estimate of drug-likeness (QED) is 0.427. The Bertz CT molecular complexity index is 1290. The van der Waals surface area contributed by atoms with E-state index in [1.165, 1.54) is 30.3 Å². The van der Waals surface area contributed by atoms with Gasteiger partial charge in [-0.1, -0.05) is 18.2 Å². The van der Waals surface area contributed by atoms with Crippen LogP contribution in [0.3, 0.4) is 0 Å². The highest BCUT2D eigenvalue weighted by Crippen LogP contribution is 2.23. The van der Waals surface area contributed by atoms with Gasteiger partial charge in [0.15, 0.2) is 0 Å². The first-order valence-electron chi connectivity index (χ1n) is 10.6. The molecule has 0 unspecified atom stereocenters. The highest BCUT2D eigenvalue weighted by molar-refractivity contribution is 7.89. The number of hydrogen-bond donors (Lipinski definition) is 3. The number of nitrogens with one attached hydrogen (secondary N) is 3. The number of sulfonamides is 1. The number of benzene rings is 3. The Hall–Kier alpha value is -3.43. The summed E-state index contributed by atoms with van der Waals surface area (Å²) in [5.41, 5.74) is 0.994. The zero-order chi connectivity index (χ0) is 24.9. The first-order valence-corrected chi connectivity index (χ1v) is 12.1. The molecule has 0 aliphatic carbocycles. The molecule has 0 fully saturated rings. The minimum Gasteiger partial charge on any atom is -0.497 e. The van der Waals surface area contributed by atoms with Gasteiger partial charge in [-0.3, -0.25) is 4.79 Å². The molecule has 3 rings (SSSR count). The second-order valence-electron chi connectivity index (χ2n) is 8.77. The third-order valence-electron chi connectivity index (χ3n) is 4.63. The Labute approximate surface area is 199 Å². The van der Waals surface area contributed by atoms with Gasteiger partial charge >= 0.3 is 0 Å². The van der Waals surface area contributed by atoms with Crippen LogP contribution >= 0.6 is 0 Å². The van der Waals surface area contributed by atoms with E-state index in [-0.39, 0.29) is 16.1 Å². The largest absolute Gasteiger partial charge is 0.497 e. The summed E-state index contributed by atoms with van der Waals surface area (Å²) in [6, 6.07) is 17.2. The summed E-state index contributed by atoms with van der Waals surface area (Å²) >= 11 is 0. The average Bonchev–Trinajstić information content (AvgIpc) is 2.76. The summed E-state index contributed by atoms with van der Waals surface area (Å²) in [6.45, 7) is 5.56. The number of amides is 1. The SMILES string of the molecule is COc1cccc(CNc2cc(C(=O)Nc3cccc(F)c3)cc(S(=O)(=O)NC(C)(C)C)c2)c1. The number of carbonyl (C=O) groups excluding carboxylic acids is 1. The van der Waals surface area contributed by atoms with Crippen molar-refractivity contribution in [3.63, 3.8) is 0 Å². The molecular weight excluding hydrogens is 457 g/mol. The molecule has 0 aromatic heterocycles. The van der Waals surface area contributed by atoms with Gasteiger partial charge in [-0.25, -0.2) is 17.5 Å². The van der Waals surface area contributed by atoms with Crippen molar-refractivity contribution < 1.29 is 22.3 Å². The standard InChI is InChI=1S/C25H28FN3O4S/c1-25(2,3)29-34(31,32)23-13-18(24(30)28-20-9-6-8-19(26)14-20)12-21(15-23)27-16-17-7-5-10-22(11-17)33-4/h5-15,27,29H,16H2,1-4H3,(H,28,30). The molecular formula is C25H28FN3O4S. The number of halogens is 1. The van der Waals surface area contributed by atoms with E-state index in [9.17, 15) is 17.6 Å². The van der Waals surface area contributed by atoms with E-state index in [2.05, 4.69) is 15.4 Å². The fourth-order valence-corrected chi connectivity index (χ4v) is 4.69. The van der Waals surface area contributed by atoms with E-state index in [1.54, 1.807) is 40.0 Å². The van der Waals surface area contributed by atoms with Crippen molar-refractivity contribution in [1.82, 2.24) is 4.72 Å². The van der Waals surface area contributed by atoms with Crippen molar-refractivity contribution in [3.8, 4) is 5.75 Å². The first kappa shape index (κ1) is 25.2. The summed E-state index contributed by atoms with van der Waals surface area (Å²) < 4.78 is 47.4. The molecule has 0 saturated carbocycles. The molecule has 0 bridgehead atoms. The van der Waals surface area contributed by atoms with E-state index in [0.717, 1.165) is 5.56 Å². The number of ether oxygens (including phenoxy) is 1. The molecule has 0 heterocycles. The van der Waals surface area contributed by atoms with E-state index in [1.807, 2.05) is 24.3 Å². The Balaban J connectivity index is 1.94. The molecule has 0 spiro atoms. The van der Waals surface area contributed by atoms with Crippen molar-refractivity contribution >= 4 is 27.3 Å². The lowest BCUT2D eigenvalue weighted by molar-refractivity contribution is 0.102. The van der Waals surface area contributed by atoms with Gasteiger partial charge in [0, 0.05) is 29.0 Å². The number of carbonyl (C=O) groups is 1. The van der Waals surface area contributed by atoms with Crippen molar-refractivity contribution in [3.05, 3.63) is 83.7 Å². The highest BCUT2D eigenvalue weighted by Gasteiger charge is 2.24. The van der Waals surface area contributed by atoms with E-state index in [0.29, 0.717) is 18.0 Å². The van der Waals surface area contributed by atoms with E-state index >= 15 is 0 Å². The zero-order valence-corrected chi connectivity index (χ0v) is 20.3. The minimum atomic E-state index is -3.92. The average molecular weight is 486 g/mol. The Morgan fingerprint density at radius 2 is 1.71 bits per heavy atom. The van der Waals surface area contributed by atoms with Gasteiger partial charge in [0.05, 0.1) is 12.0 Å². The lowest BCUT2D eigenvalue weighted by Gasteiger charge is -2.21. The molecule has 7 nitrogen and oxygen atoms in total. The van der Waals surface area contributed by atoms with Crippen LogP contribution in [0.1, 0.15) is 36.7 Å². The van der Waals surface area contributed by atoms with Crippen LogP contribution < -0.4 is 20.1 Å². The third kappa shape index (κ3) is 7.03. The Morgan fingerprint density at radius 1 is 0.971 bits per heavy atom. The molecule has 3 N–H and O–H groups in total. The Kier molecular flexibility index (Phi) is 7.58. The fourth-order valence-electron chi connectivity index (χ4n) is 3.21. The molecule has 180 valence electrons. The maximum absolute atomic E-state index is 13.5. The van der Waals surface area contributed by atoms with E-state index in [4.69, 9.17) is 4.74 Å². The van der Waals surface area contributed by atoms with Crippen LogP contribution in [0.4, 0.5) is 15.8 Å². The van der Waals surface area contributed by atoms with Crippen molar-refractivity contribution in [2.75, 3.05) is 17.7 Å². The predicted octanol–water partition coefficient (Wildman–Crippen LogP) is 4.78. The zero-order valence-electron chi connectivity index (χ0n) is 19.5. The number of anilines is 2. The predicted molar refractivity (Wildman–Crippen MR) is 131 cm³/mol. The number of methoxy groups -OCH3 is 1. The van der Waals surface area contributed by atoms with Gasteiger partial charge in [0.2, 0.25) is 10.0 Å².